The summed E-state index contributed by atoms with van der Waals surface area (Å²) in [5.41, 5.74) is 5.92. The van der Waals surface area contributed by atoms with E-state index in [2.05, 4.69) is 15.5 Å². The Morgan fingerprint density at radius 1 is 0.907 bits per heavy atom. The quantitative estimate of drug-likeness (QED) is 0.0785. The Bertz CT molecular complexity index is 1810. The van der Waals surface area contributed by atoms with Gasteiger partial charge in [-0.05, 0) is 79.2 Å². The lowest BCUT2D eigenvalue weighted by Gasteiger charge is -2.10. The fraction of sp³-hybridized carbons (Fsp3) is 0.121. The first kappa shape index (κ1) is 29.2. The van der Waals surface area contributed by atoms with Gasteiger partial charge in [-0.15, -0.1) is 0 Å². The van der Waals surface area contributed by atoms with Crippen LogP contribution in [-0.2, 0) is 0 Å². The molecule has 1 amide bonds. The van der Waals surface area contributed by atoms with Crippen molar-refractivity contribution >= 4 is 40.6 Å². The highest BCUT2D eigenvalue weighted by atomic mass is 35.5. The van der Waals surface area contributed by atoms with Crippen molar-refractivity contribution in [3.8, 4) is 34.1 Å². The van der Waals surface area contributed by atoms with E-state index in [4.69, 9.17) is 30.5 Å². The van der Waals surface area contributed by atoms with Gasteiger partial charge < -0.3 is 23.9 Å². The third kappa shape index (κ3) is 6.47. The zero-order valence-electron chi connectivity index (χ0n) is 23.6. The van der Waals surface area contributed by atoms with Crippen LogP contribution < -0.4 is 24.4 Å². The Morgan fingerprint density at radius 2 is 1.67 bits per heavy atom. The molecule has 218 valence electrons. The van der Waals surface area contributed by atoms with Crippen LogP contribution in [0.4, 0.5) is 0 Å². The predicted molar refractivity (Wildman–Crippen MR) is 166 cm³/mol. The van der Waals surface area contributed by atoms with Gasteiger partial charge in [-0.3, -0.25) is 4.79 Å². The molecule has 0 fully saturated rings. The Balaban J connectivity index is 1.36. The molecule has 43 heavy (non-hydrogen) atoms. The van der Waals surface area contributed by atoms with Crippen LogP contribution in [0.2, 0.25) is 5.02 Å². The monoisotopic (exact) mass is 597 g/mol. The smallest absolute Gasteiger partial charge is 0.343 e. The van der Waals surface area contributed by atoms with Crippen LogP contribution in [0.3, 0.4) is 0 Å². The number of ether oxygens (including phenoxy) is 4. The number of nitrogens with one attached hydrogen (secondary N) is 2. The van der Waals surface area contributed by atoms with E-state index < -0.39 is 11.9 Å². The highest BCUT2D eigenvalue weighted by Gasteiger charge is 2.21. The highest BCUT2D eigenvalue weighted by molar-refractivity contribution is 6.34. The van der Waals surface area contributed by atoms with Crippen LogP contribution in [0.1, 0.15) is 33.3 Å². The average Bonchev–Trinajstić information content (AvgIpc) is 3.40. The summed E-state index contributed by atoms with van der Waals surface area (Å²) < 4.78 is 21.8. The molecule has 0 aliphatic heterocycles. The van der Waals surface area contributed by atoms with Gasteiger partial charge in [0.25, 0.3) is 5.91 Å². The van der Waals surface area contributed by atoms with Crippen LogP contribution in [-0.4, -0.2) is 43.9 Å². The number of fused-ring (bicyclic) bond motifs is 1. The van der Waals surface area contributed by atoms with Crippen molar-refractivity contribution in [1.29, 1.82) is 0 Å². The standard InChI is InChI=1S/C33H28ClN3O6/c1-4-42-23-14-15-27-25(18-23)30(24-7-5-6-8-26(24)34)31(36-27)32(38)37-35-19-20-9-16-28(29(17-20)41-3)43-33(39)21-10-12-22(40-2)13-11-21/h5-19,36H,4H2,1-3H3,(H,37,38). The third-order valence-corrected chi connectivity index (χ3v) is 6.88. The Labute approximate surface area is 253 Å². The van der Waals surface area contributed by atoms with Crippen molar-refractivity contribution in [1.82, 2.24) is 10.4 Å². The number of benzene rings is 4. The van der Waals surface area contributed by atoms with Gasteiger partial charge in [-0.2, -0.15) is 5.10 Å². The van der Waals surface area contributed by atoms with E-state index in [1.807, 2.05) is 43.3 Å². The molecule has 4 aromatic carbocycles. The van der Waals surface area contributed by atoms with E-state index in [9.17, 15) is 9.59 Å². The number of aromatic amines is 1. The molecule has 0 aliphatic carbocycles. The summed E-state index contributed by atoms with van der Waals surface area (Å²) in [4.78, 5) is 29.2. The Morgan fingerprint density at radius 3 is 2.40 bits per heavy atom. The van der Waals surface area contributed by atoms with E-state index in [0.29, 0.717) is 56.8 Å². The maximum atomic E-state index is 13.4. The number of rotatable bonds is 10. The van der Waals surface area contributed by atoms with Crippen molar-refractivity contribution in [2.24, 2.45) is 5.10 Å². The van der Waals surface area contributed by atoms with Gasteiger partial charge >= 0.3 is 5.97 Å². The zero-order chi connectivity index (χ0) is 30.3. The molecule has 1 aromatic heterocycles. The molecule has 9 nitrogen and oxygen atoms in total. The number of H-pyrrole nitrogens is 1. The van der Waals surface area contributed by atoms with Crippen molar-refractivity contribution in [3.63, 3.8) is 0 Å². The van der Waals surface area contributed by atoms with Crippen molar-refractivity contribution in [2.45, 2.75) is 6.92 Å². The molecule has 0 bridgehead atoms. The van der Waals surface area contributed by atoms with Gasteiger partial charge in [0.05, 0.1) is 32.6 Å². The van der Waals surface area contributed by atoms with Crippen LogP contribution in [0.25, 0.3) is 22.0 Å². The van der Waals surface area contributed by atoms with Gasteiger partial charge in [0, 0.05) is 27.1 Å². The van der Waals surface area contributed by atoms with Gasteiger partial charge in [-0.25, -0.2) is 10.2 Å². The molecule has 1 heterocycles. The minimum absolute atomic E-state index is 0.235. The lowest BCUT2D eigenvalue weighted by Crippen LogP contribution is -2.19. The van der Waals surface area contributed by atoms with Gasteiger partial charge in [-0.1, -0.05) is 29.8 Å². The van der Waals surface area contributed by atoms with Crippen LogP contribution in [0.15, 0.2) is 90.0 Å². The molecule has 0 saturated heterocycles. The van der Waals surface area contributed by atoms with E-state index >= 15 is 0 Å². The number of hydrogen-bond acceptors (Lipinski definition) is 7. The second-order valence-corrected chi connectivity index (χ2v) is 9.63. The molecule has 0 spiro atoms. The molecule has 5 aromatic rings. The minimum Gasteiger partial charge on any atom is -0.497 e. The molecule has 0 radical (unpaired) electrons. The largest absolute Gasteiger partial charge is 0.497 e. The normalized spacial score (nSPS) is 11.0. The topological polar surface area (TPSA) is 111 Å². The number of methoxy groups -OCH3 is 2. The number of esters is 1. The van der Waals surface area contributed by atoms with Crippen molar-refractivity contribution in [3.05, 3.63) is 107 Å². The lowest BCUT2D eigenvalue weighted by atomic mass is 10.0. The highest BCUT2D eigenvalue weighted by Crippen LogP contribution is 2.38. The van der Waals surface area contributed by atoms with Crippen LogP contribution in [0.5, 0.6) is 23.0 Å². The predicted octanol–water partition coefficient (Wildman–Crippen LogP) is 6.89. The first-order valence-corrected chi connectivity index (χ1v) is 13.7. The molecule has 0 saturated carbocycles. The lowest BCUT2D eigenvalue weighted by molar-refractivity contribution is 0.0729. The molecule has 0 atom stereocenters. The van der Waals surface area contributed by atoms with E-state index in [1.54, 1.807) is 55.6 Å². The number of hydrogen-bond donors (Lipinski definition) is 2. The number of hydrazone groups is 1. The Hall–Kier alpha value is -5.28. The molecule has 2 N–H and O–H groups in total. The maximum Gasteiger partial charge on any atom is 0.343 e. The van der Waals surface area contributed by atoms with Crippen molar-refractivity contribution < 1.29 is 28.5 Å². The van der Waals surface area contributed by atoms with E-state index in [1.165, 1.54) is 13.3 Å². The van der Waals surface area contributed by atoms with E-state index in [-0.39, 0.29) is 5.75 Å². The minimum atomic E-state index is -0.546. The summed E-state index contributed by atoms with van der Waals surface area (Å²) in [6.07, 6.45) is 1.46. The third-order valence-electron chi connectivity index (χ3n) is 6.55. The molecular formula is C33H28ClN3O6. The maximum absolute atomic E-state index is 13.4. The number of aromatic nitrogens is 1. The molecular weight excluding hydrogens is 570 g/mol. The fourth-order valence-corrected chi connectivity index (χ4v) is 4.73. The summed E-state index contributed by atoms with van der Waals surface area (Å²) in [5.74, 6) is 0.856. The second kappa shape index (κ2) is 13.1. The number of halogens is 1. The SMILES string of the molecule is CCOc1ccc2[nH]c(C(=O)NN=Cc3ccc(OC(=O)c4ccc(OC)cc4)c(OC)c3)c(-c3ccccc3Cl)c2c1. The summed E-state index contributed by atoms with van der Waals surface area (Å²) in [7, 11) is 3.01. The van der Waals surface area contributed by atoms with Crippen LogP contribution in [0, 0.1) is 0 Å². The molecule has 5 rings (SSSR count). The van der Waals surface area contributed by atoms with Crippen LogP contribution >= 0.6 is 11.6 Å². The Kier molecular flexibility index (Phi) is 8.93. The molecule has 0 unspecified atom stereocenters. The number of carbonyl (C=O) groups is 2. The molecule has 10 heteroatoms. The fourth-order valence-electron chi connectivity index (χ4n) is 4.50. The van der Waals surface area contributed by atoms with Gasteiger partial charge in [0.2, 0.25) is 0 Å². The summed E-state index contributed by atoms with van der Waals surface area (Å²) in [6, 6.07) is 24.4. The summed E-state index contributed by atoms with van der Waals surface area (Å²) in [5, 5.41) is 5.44. The summed E-state index contributed by atoms with van der Waals surface area (Å²) in [6.45, 7) is 2.42. The first-order chi connectivity index (χ1) is 20.9. The van der Waals surface area contributed by atoms with Gasteiger partial charge in [0.15, 0.2) is 11.5 Å². The second-order valence-electron chi connectivity index (χ2n) is 9.22. The number of amides is 1. The van der Waals surface area contributed by atoms with E-state index in [0.717, 1.165) is 10.9 Å². The number of nitrogens with zero attached hydrogens (tertiary/aromatic N) is 1. The number of carbonyl (C=O) groups excluding carboxylic acids is 2. The van der Waals surface area contributed by atoms with Gasteiger partial charge in [0.1, 0.15) is 17.2 Å². The zero-order valence-corrected chi connectivity index (χ0v) is 24.4. The molecule has 0 aliphatic rings. The first-order valence-electron chi connectivity index (χ1n) is 13.3. The van der Waals surface area contributed by atoms with Crippen molar-refractivity contribution in [2.75, 3.05) is 20.8 Å². The average molecular weight is 598 g/mol. The summed E-state index contributed by atoms with van der Waals surface area (Å²) >= 11 is 6.54.